The van der Waals surface area contributed by atoms with Gasteiger partial charge < -0.3 is 10.2 Å². The van der Waals surface area contributed by atoms with Gasteiger partial charge in [0, 0.05) is 11.9 Å². The standard InChI is InChI=1S/C11H8N2O5/c1-5-2-3-6-8(14)7(10(15)16)4-13(11(17)18)9(6)12-5/h2-4H,1H3,(H,15,16)(H,17,18). The zero-order valence-corrected chi connectivity index (χ0v) is 9.25. The highest BCUT2D eigenvalue weighted by Gasteiger charge is 2.17. The Morgan fingerprint density at radius 1 is 1.28 bits per heavy atom. The summed E-state index contributed by atoms with van der Waals surface area (Å²) in [6.45, 7) is 1.64. The van der Waals surface area contributed by atoms with Gasteiger partial charge in [-0.05, 0) is 19.1 Å². The average Bonchev–Trinajstić information content (AvgIpc) is 2.28. The van der Waals surface area contributed by atoms with E-state index in [-0.39, 0.29) is 11.0 Å². The zero-order chi connectivity index (χ0) is 13.4. The molecule has 0 saturated carbocycles. The lowest BCUT2D eigenvalue weighted by molar-refractivity contribution is 0.0695. The molecule has 92 valence electrons. The fraction of sp³-hybridized carbons (Fsp3) is 0.0909. The van der Waals surface area contributed by atoms with E-state index in [1.165, 1.54) is 12.1 Å². The van der Waals surface area contributed by atoms with Crippen LogP contribution in [0.2, 0.25) is 0 Å². The van der Waals surface area contributed by atoms with Crippen LogP contribution in [0.15, 0.2) is 23.1 Å². The van der Waals surface area contributed by atoms with Gasteiger partial charge in [0.25, 0.3) is 0 Å². The van der Waals surface area contributed by atoms with E-state index in [0.29, 0.717) is 10.3 Å². The molecule has 0 saturated heterocycles. The van der Waals surface area contributed by atoms with Crippen LogP contribution in [0.25, 0.3) is 11.0 Å². The normalized spacial score (nSPS) is 10.5. The second-order valence-corrected chi connectivity index (χ2v) is 3.65. The molecule has 2 rings (SSSR count). The smallest absolute Gasteiger partial charge is 0.417 e. The van der Waals surface area contributed by atoms with E-state index in [2.05, 4.69) is 4.98 Å². The monoisotopic (exact) mass is 248 g/mol. The minimum atomic E-state index is -1.47. The van der Waals surface area contributed by atoms with Gasteiger partial charge in [-0.1, -0.05) is 0 Å². The third kappa shape index (κ3) is 1.71. The van der Waals surface area contributed by atoms with Gasteiger partial charge in [0.05, 0.1) is 5.39 Å². The van der Waals surface area contributed by atoms with Crippen molar-refractivity contribution in [2.45, 2.75) is 6.92 Å². The Hall–Kier alpha value is -2.70. The van der Waals surface area contributed by atoms with Crippen LogP contribution in [0.4, 0.5) is 4.79 Å². The highest BCUT2D eigenvalue weighted by Crippen LogP contribution is 2.10. The Bertz CT molecular complexity index is 732. The molecule has 0 aliphatic carbocycles. The van der Waals surface area contributed by atoms with Gasteiger partial charge in [0.2, 0.25) is 5.43 Å². The lowest BCUT2D eigenvalue weighted by Gasteiger charge is -2.06. The first-order chi connectivity index (χ1) is 8.41. The Morgan fingerprint density at radius 2 is 1.94 bits per heavy atom. The molecule has 0 aromatic carbocycles. The van der Waals surface area contributed by atoms with Crippen molar-refractivity contribution in [1.82, 2.24) is 9.55 Å². The average molecular weight is 248 g/mol. The van der Waals surface area contributed by atoms with Crippen molar-refractivity contribution >= 4 is 23.1 Å². The minimum absolute atomic E-state index is 0.0390. The van der Waals surface area contributed by atoms with Gasteiger partial charge in [0.1, 0.15) is 5.56 Å². The number of aromatic carboxylic acids is 1. The van der Waals surface area contributed by atoms with E-state index in [0.717, 1.165) is 6.20 Å². The molecule has 2 N–H and O–H groups in total. The van der Waals surface area contributed by atoms with Crippen LogP contribution in [0.5, 0.6) is 0 Å². The molecule has 18 heavy (non-hydrogen) atoms. The van der Waals surface area contributed by atoms with Crippen LogP contribution < -0.4 is 5.43 Å². The topological polar surface area (TPSA) is 109 Å². The van der Waals surface area contributed by atoms with Crippen molar-refractivity contribution in [3.8, 4) is 0 Å². The van der Waals surface area contributed by atoms with Crippen molar-refractivity contribution in [1.29, 1.82) is 0 Å². The van der Waals surface area contributed by atoms with Crippen LogP contribution in [0.3, 0.4) is 0 Å². The van der Waals surface area contributed by atoms with Gasteiger partial charge in [-0.2, -0.15) is 0 Å². The second kappa shape index (κ2) is 3.95. The molecule has 2 heterocycles. The maximum absolute atomic E-state index is 11.8. The molecule has 0 atom stereocenters. The summed E-state index contributed by atoms with van der Waals surface area (Å²) >= 11 is 0. The van der Waals surface area contributed by atoms with Crippen molar-refractivity contribution in [2.75, 3.05) is 0 Å². The Balaban J connectivity index is 3.01. The van der Waals surface area contributed by atoms with E-state index < -0.39 is 23.1 Å². The molecule has 0 amide bonds. The molecular formula is C11H8N2O5. The summed E-state index contributed by atoms with van der Waals surface area (Å²) in [4.78, 5) is 37.7. The van der Waals surface area contributed by atoms with Gasteiger partial charge in [-0.15, -0.1) is 0 Å². The number of nitrogens with zero attached hydrogens (tertiary/aromatic N) is 2. The fourth-order valence-corrected chi connectivity index (χ4v) is 1.60. The van der Waals surface area contributed by atoms with Crippen LogP contribution in [0.1, 0.15) is 16.1 Å². The lowest BCUT2D eigenvalue weighted by Crippen LogP contribution is -2.22. The maximum atomic E-state index is 11.8. The van der Waals surface area contributed by atoms with Crippen LogP contribution in [-0.4, -0.2) is 31.8 Å². The van der Waals surface area contributed by atoms with E-state index in [4.69, 9.17) is 10.2 Å². The van der Waals surface area contributed by atoms with E-state index in [1.807, 2.05) is 0 Å². The quantitative estimate of drug-likeness (QED) is 0.776. The molecular weight excluding hydrogens is 240 g/mol. The van der Waals surface area contributed by atoms with Crippen molar-refractivity contribution < 1.29 is 19.8 Å². The predicted octanol–water partition coefficient (Wildman–Crippen LogP) is 0.929. The summed E-state index contributed by atoms with van der Waals surface area (Å²) in [5.41, 5.74) is -0.893. The molecule has 0 radical (unpaired) electrons. The first kappa shape index (κ1) is 11.8. The van der Waals surface area contributed by atoms with Crippen molar-refractivity contribution in [3.05, 3.63) is 39.8 Å². The van der Waals surface area contributed by atoms with Gasteiger partial charge in [-0.25, -0.2) is 19.1 Å². The molecule has 0 fully saturated rings. The fourth-order valence-electron chi connectivity index (χ4n) is 1.60. The third-order valence-electron chi connectivity index (χ3n) is 2.43. The largest absolute Gasteiger partial charge is 0.477 e. The number of aryl methyl sites for hydroxylation is 1. The zero-order valence-electron chi connectivity index (χ0n) is 9.25. The summed E-state index contributed by atoms with van der Waals surface area (Å²) in [7, 11) is 0. The number of carboxylic acids is 1. The number of aromatic nitrogens is 2. The van der Waals surface area contributed by atoms with Crippen LogP contribution in [-0.2, 0) is 0 Å². The van der Waals surface area contributed by atoms with E-state index in [9.17, 15) is 14.4 Å². The number of pyridine rings is 2. The lowest BCUT2D eigenvalue weighted by atomic mass is 10.2. The first-order valence-corrected chi connectivity index (χ1v) is 4.91. The molecule has 0 aliphatic heterocycles. The summed E-state index contributed by atoms with van der Waals surface area (Å²) in [6.07, 6.45) is -0.637. The highest BCUT2D eigenvalue weighted by molar-refractivity contribution is 5.94. The molecule has 7 nitrogen and oxygen atoms in total. The molecule has 2 aromatic rings. The SMILES string of the molecule is Cc1ccc2c(=O)c(C(=O)O)cn(C(=O)O)c2n1. The number of hydrogen-bond donors (Lipinski definition) is 2. The van der Waals surface area contributed by atoms with Gasteiger partial charge in [-0.3, -0.25) is 4.79 Å². The molecule has 7 heteroatoms. The van der Waals surface area contributed by atoms with Gasteiger partial charge >= 0.3 is 12.1 Å². The Labute approximate surface area is 99.9 Å². The summed E-state index contributed by atoms with van der Waals surface area (Å²) in [5.74, 6) is -1.47. The molecule has 0 bridgehead atoms. The Kier molecular flexibility index (Phi) is 2.59. The maximum Gasteiger partial charge on any atom is 0.417 e. The second-order valence-electron chi connectivity index (χ2n) is 3.65. The number of carbonyl (C=O) groups is 2. The van der Waals surface area contributed by atoms with Crippen LogP contribution in [0, 0.1) is 6.92 Å². The summed E-state index contributed by atoms with van der Waals surface area (Å²) in [6, 6.07) is 2.88. The van der Waals surface area contributed by atoms with E-state index >= 15 is 0 Å². The number of carboxylic acid groups (broad SMARTS) is 2. The molecule has 2 aromatic heterocycles. The van der Waals surface area contributed by atoms with Crippen molar-refractivity contribution in [3.63, 3.8) is 0 Å². The third-order valence-corrected chi connectivity index (χ3v) is 2.43. The molecule has 0 unspecified atom stereocenters. The first-order valence-electron chi connectivity index (χ1n) is 4.91. The minimum Gasteiger partial charge on any atom is -0.477 e. The van der Waals surface area contributed by atoms with E-state index in [1.54, 1.807) is 6.92 Å². The molecule has 0 aliphatic rings. The number of hydrogen-bond acceptors (Lipinski definition) is 4. The molecule has 0 spiro atoms. The number of rotatable bonds is 1. The van der Waals surface area contributed by atoms with Gasteiger partial charge in [0.15, 0.2) is 5.65 Å². The Morgan fingerprint density at radius 3 is 2.50 bits per heavy atom. The van der Waals surface area contributed by atoms with Crippen molar-refractivity contribution in [2.24, 2.45) is 0 Å². The predicted molar refractivity (Wildman–Crippen MR) is 61.1 cm³/mol. The van der Waals surface area contributed by atoms with Crippen LogP contribution >= 0.6 is 0 Å². The summed E-state index contributed by atoms with van der Waals surface area (Å²) in [5, 5.41) is 17.8. The highest BCUT2D eigenvalue weighted by atomic mass is 16.4. The number of fused-ring (bicyclic) bond motifs is 1. The summed E-state index contributed by atoms with van der Waals surface area (Å²) < 4.78 is 0.632.